The van der Waals surface area contributed by atoms with Crippen molar-refractivity contribution in [3.63, 3.8) is 0 Å². The Morgan fingerprint density at radius 1 is 1.47 bits per heavy atom. The summed E-state index contributed by atoms with van der Waals surface area (Å²) in [7, 11) is 0. The Bertz CT molecular complexity index is 354. The number of carbonyl (C=O) groups excluding carboxylic acids is 1. The van der Waals surface area contributed by atoms with Crippen LogP contribution in [-0.2, 0) is 9.53 Å². The maximum absolute atomic E-state index is 11.3. The molecule has 15 heavy (non-hydrogen) atoms. The molecule has 4 heteroatoms. The van der Waals surface area contributed by atoms with Gasteiger partial charge in [0.1, 0.15) is 0 Å². The molecule has 0 aromatic carbocycles. The normalized spacial score (nSPS) is 32.9. The number of rotatable bonds is 0. The Hall–Kier alpha value is -1.00. The molecule has 2 saturated heterocycles. The van der Waals surface area contributed by atoms with Crippen LogP contribution in [0, 0.1) is 5.92 Å². The first kappa shape index (κ1) is 9.24. The van der Waals surface area contributed by atoms with Crippen LogP contribution < -0.4 is 5.32 Å². The molecular formula is C11H14N2O2. The van der Waals surface area contributed by atoms with Gasteiger partial charge in [-0.3, -0.25) is 4.79 Å². The van der Waals surface area contributed by atoms with E-state index in [2.05, 4.69) is 10.3 Å². The molecule has 4 nitrogen and oxygen atoms in total. The number of piperidine rings is 1. The summed E-state index contributed by atoms with van der Waals surface area (Å²) >= 11 is 0. The number of dihydropyridines is 1. The van der Waals surface area contributed by atoms with Crippen molar-refractivity contribution < 1.29 is 9.53 Å². The molecule has 0 aromatic heterocycles. The van der Waals surface area contributed by atoms with Crippen LogP contribution in [0.25, 0.3) is 0 Å². The van der Waals surface area contributed by atoms with Crippen molar-refractivity contribution >= 4 is 12.1 Å². The van der Waals surface area contributed by atoms with Gasteiger partial charge >= 0.3 is 0 Å². The minimum absolute atomic E-state index is 0.135. The summed E-state index contributed by atoms with van der Waals surface area (Å²) in [5, 5.41) is 3.32. The van der Waals surface area contributed by atoms with Crippen LogP contribution in [0.15, 0.2) is 16.6 Å². The molecule has 0 bridgehead atoms. The van der Waals surface area contributed by atoms with E-state index in [1.807, 2.05) is 0 Å². The van der Waals surface area contributed by atoms with Gasteiger partial charge in [-0.1, -0.05) is 0 Å². The summed E-state index contributed by atoms with van der Waals surface area (Å²) in [5.41, 5.74) is 0.988. The molecule has 3 aliphatic heterocycles. The molecule has 0 aromatic rings. The van der Waals surface area contributed by atoms with Crippen molar-refractivity contribution in [3.8, 4) is 0 Å². The quantitative estimate of drug-likeness (QED) is 0.620. The van der Waals surface area contributed by atoms with Crippen LogP contribution in [0.1, 0.15) is 12.8 Å². The summed E-state index contributed by atoms with van der Waals surface area (Å²) in [6.45, 7) is 2.62. The Labute approximate surface area is 88.4 Å². The average Bonchev–Trinajstić information content (AvgIpc) is 2.59. The fourth-order valence-corrected chi connectivity index (χ4v) is 2.72. The summed E-state index contributed by atoms with van der Waals surface area (Å²) in [5.74, 6) is 0.102. The molecule has 1 N–H and O–H groups in total. The van der Waals surface area contributed by atoms with E-state index in [4.69, 9.17) is 4.74 Å². The monoisotopic (exact) mass is 206 g/mol. The minimum Gasteiger partial charge on any atom is -0.369 e. The topological polar surface area (TPSA) is 50.7 Å². The first-order valence-corrected chi connectivity index (χ1v) is 5.45. The third kappa shape index (κ3) is 1.36. The van der Waals surface area contributed by atoms with Crippen LogP contribution in [0.4, 0.5) is 0 Å². The van der Waals surface area contributed by atoms with E-state index in [0.29, 0.717) is 6.61 Å². The second-order valence-corrected chi connectivity index (χ2v) is 4.38. The first-order valence-electron chi connectivity index (χ1n) is 5.45. The molecule has 1 spiro atoms. The number of hydrogen-bond acceptors (Lipinski definition) is 3. The molecule has 0 aliphatic carbocycles. The van der Waals surface area contributed by atoms with Gasteiger partial charge in [0.2, 0.25) is 0 Å². The maximum atomic E-state index is 11.3. The van der Waals surface area contributed by atoms with Gasteiger partial charge in [-0.05, 0) is 31.5 Å². The SMILES string of the molecule is O=C1C=C2C(C=N1)COC21CCNCC1. The fourth-order valence-electron chi connectivity index (χ4n) is 2.72. The van der Waals surface area contributed by atoms with Crippen LogP contribution >= 0.6 is 0 Å². The van der Waals surface area contributed by atoms with Gasteiger partial charge in [-0.25, -0.2) is 4.99 Å². The van der Waals surface area contributed by atoms with Crippen molar-refractivity contribution in [3.05, 3.63) is 11.6 Å². The van der Waals surface area contributed by atoms with E-state index in [9.17, 15) is 4.79 Å². The van der Waals surface area contributed by atoms with Gasteiger partial charge < -0.3 is 10.1 Å². The van der Waals surface area contributed by atoms with Crippen molar-refractivity contribution in [1.29, 1.82) is 0 Å². The lowest BCUT2D eigenvalue weighted by Gasteiger charge is -2.35. The highest BCUT2D eigenvalue weighted by atomic mass is 16.5. The lowest BCUT2D eigenvalue weighted by molar-refractivity contribution is -0.113. The van der Waals surface area contributed by atoms with Crippen molar-refractivity contribution in [2.75, 3.05) is 19.7 Å². The number of ether oxygens (including phenoxy) is 1. The van der Waals surface area contributed by atoms with Gasteiger partial charge in [0.15, 0.2) is 0 Å². The zero-order valence-corrected chi connectivity index (χ0v) is 8.53. The van der Waals surface area contributed by atoms with Crippen LogP contribution in [-0.4, -0.2) is 37.4 Å². The average molecular weight is 206 g/mol. The zero-order chi connectivity index (χ0) is 10.3. The first-order chi connectivity index (χ1) is 7.30. The summed E-state index contributed by atoms with van der Waals surface area (Å²) in [4.78, 5) is 15.1. The third-order valence-electron chi connectivity index (χ3n) is 3.54. The van der Waals surface area contributed by atoms with E-state index in [1.165, 1.54) is 0 Å². The molecule has 0 radical (unpaired) electrons. The van der Waals surface area contributed by atoms with Gasteiger partial charge in [0.05, 0.1) is 12.2 Å². The zero-order valence-electron chi connectivity index (χ0n) is 8.53. The van der Waals surface area contributed by atoms with E-state index in [0.717, 1.165) is 31.5 Å². The summed E-state index contributed by atoms with van der Waals surface area (Å²) in [6.07, 6.45) is 5.37. The van der Waals surface area contributed by atoms with E-state index < -0.39 is 0 Å². The number of nitrogens with one attached hydrogen (secondary N) is 1. The van der Waals surface area contributed by atoms with E-state index in [1.54, 1.807) is 12.3 Å². The number of amides is 1. The predicted octanol–water partition coefficient (Wildman–Crippen LogP) is 0.292. The Kier molecular flexibility index (Phi) is 2.00. The molecule has 3 aliphatic rings. The van der Waals surface area contributed by atoms with Gasteiger partial charge in [0, 0.05) is 18.2 Å². The van der Waals surface area contributed by atoms with E-state index in [-0.39, 0.29) is 17.4 Å². The standard InChI is InChI=1S/C11H14N2O2/c14-10-5-9-8(6-13-10)7-15-11(9)1-3-12-4-2-11/h5-6,8,12H,1-4,7H2. The smallest absolute Gasteiger partial charge is 0.269 e. The molecule has 3 heterocycles. The molecule has 3 rings (SSSR count). The minimum atomic E-state index is -0.169. The van der Waals surface area contributed by atoms with E-state index >= 15 is 0 Å². The highest BCUT2D eigenvalue weighted by Gasteiger charge is 2.46. The fraction of sp³-hybridized carbons (Fsp3) is 0.636. The molecule has 80 valence electrons. The highest BCUT2D eigenvalue weighted by molar-refractivity contribution is 5.98. The van der Waals surface area contributed by atoms with Crippen LogP contribution in [0.2, 0.25) is 0 Å². The van der Waals surface area contributed by atoms with Crippen molar-refractivity contribution in [1.82, 2.24) is 5.32 Å². The van der Waals surface area contributed by atoms with Gasteiger partial charge in [-0.15, -0.1) is 0 Å². The molecule has 1 amide bonds. The number of nitrogens with zero attached hydrogens (tertiary/aromatic N) is 1. The van der Waals surface area contributed by atoms with Crippen LogP contribution in [0.5, 0.6) is 0 Å². The van der Waals surface area contributed by atoms with Gasteiger partial charge in [0.25, 0.3) is 5.91 Å². The summed E-state index contributed by atoms with van der Waals surface area (Å²) in [6, 6.07) is 0. The second-order valence-electron chi connectivity index (χ2n) is 4.38. The number of aliphatic imine (C=N–C) groups is 1. The summed E-state index contributed by atoms with van der Waals surface area (Å²) < 4.78 is 5.93. The number of fused-ring (bicyclic) bond motifs is 2. The highest BCUT2D eigenvalue weighted by Crippen LogP contribution is 2.42. The third-order valence-corrected chi connectivity index (χ3v) is 3.54. The number of hydrogen-bond donors (Lipinski definition) is 1. The largest absolute Gasteiger partial charge is 0.369 e. The lowest BCUT2D eigenvalue weighted by Crippen LogP contribution is -2.43. The Morgan fingerprint density at radius 3 is 3.07 bits per heavy atom. The molecule has 0 saturated carbocycles. The lowest BCUT2D eigenvalue weighted by atomic mass is 9.80. The maximum Gasteiger partial charge on any atom is 0.269 e. The Morgan fingerprint density at radius 2 is 2.27 bits per heavy atom. The molecule has 1 atom stereocenters. The van der Waals surface area contributed by atoms with Gasteiger partial charge in [-0.2, -0.15) is 0 Å². The van der Waals surface area contributed by atoms with Crippen molar-refractivity contribution in [2.45, 2.75) is 18.4 Å². The molecular weight excluding hydrogens is 192 g/mol. The second kappa shape index (κ2) is 3.25. The molecule has 2 fully saturated rings. The van der Waals surface area contributed by atoms with Crippen LogP contribution in [0.3, 0.4) is 0 Å². The van der Waals surface area contributed by atoms with Crippen molar-refractivity contribution in [2.24, 2.45) is 10.9 Å². The molecule has 1 unspecified atom stereocenters. The predicted molar refractivity (Wildman–Crippen MR) is 55.9 cm³/mol. The Balaban J connectivity index is 1.95. The number of carbonyl (C=O) groups is 1.